The molecule has 2 heteroatoms. The molecule has 82 valence electrons. The van der Waals surface area contributed by atoms with Gasteiger partial charge in [0.2, 0.25) is 0 Å². The minimum Gasteiger partial charge on any atom is -0.348 e. The summed E-state index contributed by atoms with van der Waals surface area (Å²) in [6.45, 7) is 11.5. The molecule has 2 atom stereocenters. The van der Waals surface area contributed by atoms with E-state index in [1.165, 1.54) is 0 Å². The summed E-state index contributed by atoms with van der Waals surface area (Å²) >= 11 is 0. The zero-order chi connectivity index (χ0) is 10.8. The third kappa shape index (κ3) is 2.58. The SMILES string of the molecule is C/C=C/C1OCC(C)(C)C(C(C)C)O1. The Labute approximate surface area is 87.3 Å². The van der Waals surface area contributed by atoms with E-state index in [9.17, 15) is 0 Å². The van der Waals surface area contributed by atoms with Gasteiger partial charge in [-0.1, -0.05) is 33.8 Å². The summed E-state index contributed by atoms with van der Waals surface area (Å²) in [5.74, 6) is 0.529. The summed E-state index contributed by atoms with van der Waals surface area (Å²) in [6.07, 6.45) is 4.06. The summed E-state index contributed by atoms with van der Waals surface area (Å²) in [6, 6.07) is 0. The van der Waals surface area contributed by atoms with Crippen LogP contribution in [0.4, 0.5) is 0 Å². The van der Waals surface area contributed by atoms with Gasteiger partial charge in [-0.2, -0.15) is 0 Å². The van der Waals surface area contributed by atoms with Gasteiger partial charge < -0.3 is 9.47 Å². The average Bonchev–Trinajstić information content (AvgIpc) is 2.08. The number of hydrogen-bond acceptors (Lipinski definition) is 2. The highest BCUT2D eigenvalue weighted by molar-refractivity contribution is 4.90. The van der Waals surface area contributed by atoms with Gasteiger partial charge in [-0.05, 0) is 18.9 Å². The third-order valence-electron chi connectivity index (χ3n) is 2.63. The van der Waals surface area contributed by atoms with Crippen molar-refractivity contribution in [2.24, 2.45) is 11.3 Å². The van der Waals surface area contributed by atoms with E-state index in [0.717, 1.165) is 6.61 Å². The molecule has 0 aromatic heterocycles. The molecule has 1 rings (SSSR count). The van der Waals surface area contributed by atoms with Crippen molar-refractivity contribution in [3.05, 3.63) is 12.2 Å². The number of rotatable bonds is 2. The van der Waals surface area contributed by atoms with Crippen LogP contribution < -0.4 is 0 Å². The highest BCUT2D eigenvalue weighted by atomic mass is 16.7. The fraction of sp³-hybridized carbons (Fsp3) is 0.833. The van der Waals surface area contributed by atoms with Gasteiger partial charge in [0.05, 0.1) is 12.7 Å². The maximum Gasteiger partial charge on any atom is 0.177 e. The lowest BCUT2D eigenvalue weighted by Crippen LogP contribution is -2.47. The first kappa shape index (κ1) is 11.7. The maximum absolute atomic E-state index is 5.89. The molecule has 0 spiro atoms. The molecule has 0 aromatic carbocycles. The van der Waals surface area contributed by atoms with Crippen molar-refractivity contribution < 1.29 is 9.47 Å². The van der Waals surface area contributed by atoms with E-state index in [-0.39, 0.29) is 17.8 Å². The maximum atomic E-state index is 5.89. The fourth-order valence-corrected chi connectivity index (χ4v) is 2.06. The molecule has 1 saturated heterocycles. The smallest absolute Gasteiger partial charge is 0.177 e. The summed E-state index contributed by atoms with van der Waals surface area (Å²) in [7, 11) is 0. The quantitative estimate of drug-likeness (QED) is 0.635. The average molecular weight is 198 g/mol. The summed E-state index contributed by atoms with van der Waals surface area (Å²) in [5.41, 5.74) is 0.117. The predicted molar refractivity (Wildman–Crippen MR) is 58.0 cm³/mol. The second-order valence-electron chi connectivity index (χ2n) is 4.99. The molecular weight excluding hydrogens is 176 g/mol. The second kappa shape index (κ2) is 4.45. The highest BCUT2D eigenvalue weighted by Gasteiger charge is 2.38. The first-order valence-electron chi connectivity index (χ1n) is 5.37. The van der Waals surface area contributed by atoms with E-state index >= 15 is 0 Å². The highest BCUT2D eigenvalue weighted by Crippen LogP contribution is 2.34. The van der Waals surface area contributed by atoms with Crippen LogP contribution in [0, 0.1) is 11.3 Å². The third-order valence-corrected chi connectivity index (χ3v) is 2.63. The summed E-state index contributed by atoms with van der Waals surface area (Å²) in [5, 5.41) is 0. The van der Waals surface area contributed by atoms with Gasteiger partial charge in [-0.3, -0.25) is 0 Å². The van der Waals surface area contributed by atoms with Gasteiger partial charge in [0.1, 0.15) is 0 Å². The van der Waals surface area contributed by atoms with Crippen LogP contribution in [-0.4, -0.2) is 19.0 Å². The first-order valence-corrected chi connectivity index (χ1v) is 5.37. The Bertz CT molecular complexity index is 206. The molecule has 1 aliphatic heterocycles. The zero-order valence-electron chi connectivity index (χ0n) is 9.91. The molecule has 2 nitrogen and oxygen atoms in total. The Kier molecular flexibility index (Phi) is 3.73. The van der Waals surface area contributed by atoms with E-state index in [4.69, 9.17) is 9.47 Å². The van der Waals surface area contributed by atoms with Crippen molar-refractivity contribution in [2.75, 3.05) is 6.61 Å². The zero-order valence-corrected chi connectivity index (χ0v) is 9.91. The van der Waals surface area contributed by atoms with E-state index in [1.54, 1.807) is 0 Å². The van der Waals surface area contributed by atoms with E-state index in [1.807, 2.05) is 19.1 Å². The molecule has 0 aromatic rings. The Balaban J connectivity index is 2.67. The standard InChI is InChI=1S/C12H22O2/c1-6-7-10-13-8-12(4,5)11(14-10)9(2)3/h6-7,9-11H,8H2,1-5H3/b7-6+. The lowest BCUT2D eigenvalue weighted by Gasteiger charge is -2.43. The molecule has 1 aliphatic rings. The van der Waals surface area contributed by atoms with Gasteiger partial charge in [-0.15, -0.1) is 0 Å². The van der Waals surface area contributed by atoms with E-state index in [0.29, 0.717) is 5.92 Å². The van der Waals surface area contributed by atoms with Crippen LogP contribution in [0.3, 0.4) is 0 Å². The minimum atomic E-state index is -0.152. The first-order chi connectivity index (χ1) is 6.47. The molecule has 2 unspecified atom stereocenters. The van der Waals surface area contributed by atoms with Crippen LogP contribution in [0.15, 0.2) is 12.2 Å². The Morgan fingerprint density at radius 1 is 1.36 bits per heavy atom. The Hall–Kier alpha value is -0.340. The molecule has 0 bridgehead atoms. The minimum absolute atomic E-state index is 0.117. The van der Waals surface area contributed by atoms with Crippen molar-refractivity contribution in [3.63, 3.8) is 0 Å². The van der Waals surface area contributed by atoms with Gasteiger partial charge in [0, 0.05) is 5.41 Å². The molecule has 0 saturated carbocycles. The van der Waals surface area contributed by atoms with Crippen LogP contribution in [0.25, 0.3) is 0 Å². The van der Waals surface area contributed by atoms with Gasteiger partial charge in [0.25, 0.3) is 0 Å². The molecule has 0 radical (unpaired) electrons. The number of ether oxygens (including phenoxy) is 2. The molecule has 1 heterocycles. The summed E-state index contributed by atoms with van der Waals surface area (Å²) in [4.78, 5) is 0. The molecular formula is C12H22O2. The van der Waals surface area contributed by atoms with Crippen molar-refractivity contribution >= 4 is 0 Å². The molecule has 0 N–H and O–H groups in total. The van der Waals surface area contributed by atoms with Crippen molar-refractivity contribution in [1.82, 2.24) is 0 Å². The second-order valence-corrected chi connectivity index (χ2v) is 4.99. The van der Waals surface area contributed by atoms with Crippen LogP contribution >= 0.6 is 0 Å². The fourth-order valence-electron chi connectivity index (χ4n) is 2.06. The normalized spacial score (nSPS) is 32.7. The number of hydrogen-bond donors (Lipinski definition) is 0. The van der Waals surface area contributed by atoms with Gasteiger partial charge in [0.15, 0.2) is 6.29 Å². The predicted octanol–water partition coefficient (Wildman–Crippen LogP) is 2.99. The Morgan fingerprint density at radius 3 is 2.50 bits per heavy atom. The van der Waals surface area contributed by atoms with Gasteiger partial charge >= 0.3 is 0 Å². The van der Waals surface area contributed by atoms with Crippen molar-refractivity contribution in [1.29, 1.82) is 0 Å². The topological polar surface area (TPSA) is 18.5 Å². The lowest BCUT2D eigenvalue weighted by molar-refractivity contribution is -0.249. The van der Waals surface area contributed by atoms with Gasteiger partial charge in [-0.25, -0.2) is 0 Å². The number of allylic oxidation sites excluding steroid dienone is 1. The molecule has 0 amide bonds. The van der Waals surface area contributed by atoms with Crippen LogP contribution in [-0.2, 0) is 9.47 Å². The van der Waals surface area contributed by atoms with Crippen LogP contribution in [0.1, 0.15) is 34.6 Å². The monoisotopic (exact) mass is 198 g/mol. The molecule has 1 fully saturated rings. The van der Waals surface area contributed by atoms with Crippen molar-refractivity contribution in [3.8, 4) is 0 Å². The Morgan fingerprint density at radius 2 is 2.00 bits per heavy atom. The van der Waals surface area contributed by atoms with E-state index in [2.05, 4.69) is 27.7 Å². The van der Waals surface area contributed by atoms with Crippen LogP contribution in [0.2, 0.25) is 0 Å². The largest absolute Gasteiger partial charge is 0.348 e. The summed E-state index contributed by atoms with van der Waals surface area (Å²) < 4.78 is 11.5. The molecule has 0 aliphatic carbocycles. The van der Waals surface area contributed by atoms with Crippen LogP contribution in [0.5, 0.6) is 0 Å². The molecule has 14 heavy (non-hydrogen) atoms. The lowest BCUT2D eigenvalue weighted by atomic mass is 9.80. The van der Waals surface area contributed by atoms with Crippen molar-refractivity contribution in [2.45, 2.75) is 47.0 Å². The van der Waals surface area contributed by atoms with E-state index < -0.39 is 0 Å².